The average Bonchev–Trinajstić information content (AvgIpc) is 2.85. The molecule has 2 heterocycles. The topological polar surface area (TPSA) is 99.3 Å². The van der Waals surface area contributed by atoms with E-state index in [2.05, 4.69) is 10.3 Å². The molecule has 1 fully saturated rings. The van der Waals surface area contributed by atoms with Gasteiger partial charge in [-0.1, -0.05) is 13.0 Å². The molecule has 1 aliphatic heterocycles. The summed E-state index contributed by atoms with van der Waals surface area (Å²) in [5.41, 5.74) is 1.86. The second-order valence-electron chi connectivity index (χ2n) is 5.69. The van der Waals surface area contributed by atoms with Crippen LogP contribution in [0, 0.1) is 0 Å². The molecular weight excluding hydrogens is 310 g/mol. The van der Waals surface area contributed by atoms with Crippen LogP contribution in [0.3, 0.4) is 0 Å². The minimum atomic E-state index is -0.452. The van der Waals surface area contributed by atoms with Gasteiger partial charge < -0.3 is 10.3 Å². The molecule has 0 aliphatic carbocycles. The quantitative estimate of drug-likeness (QED) is 0.824. The first kappa shape index (κ1) is 15.9. The first-order chi connectivity index (χ1) is 11.5. The first-order valence-corrected chi connectivity index (χ1v) is 7.77. The van der Waals surface area contributed by atoms with E-state index in [0.29, 0.717) is 11.2 Å². The highest BCUT2D eigenvalue weighted by atomic mass is 16.2. The van der Waals surface area contributed by atoms with Crippen LogP contribution >= 0.6 is 0 Å². The summed E-state index contributed by atoms with van der Waals surface area (Å²) in [4.78, 5) is 50.5. The Balaban J connectivity index is 1.80. The number of hydrogen-bond donors (Lipinski definition) is 2. The maximum absolute atomic E-state index is 12.1. The van der Waals surface area contributed by atoms with Crippen molar-refractivity contribution in [2.45, 2.75) is 26.2 Å². The number of hydrogen-bond acceptors (Lipinski definition) is 4. The zero-order chi connectivity index (χ0) is 17.3. The van der Waals surface area contributed by atoms with E-state index in [1.54, 1.807) is 18.2 Å². The number of pyridine rings is 1. The maximum Gasteiger partial charge on any atom is 0.248 e. The lowest BCUT2D eigenvalue weighted by Gasteiger charge is -2.14. The minimum absolute atomic E-state index is 0.156. The molecule has 1 aromatic heterocycles. The third-order valence-corrected chi connectivity index (χ3v) is 4.05. The zero-order valence-electron chi connectivity index (χ0n) is 13.2. The van der Waals surface area contributed by atoms with Gasteiger partial charge in [-0.3, -0.25) is 24.1 Å². The largest absolute Gasteiger partial charge is 0.324 e. The molecule has 3 rings (SSSR count). The molecule has 3 amide bonds. The fourth-order valence-electron chi connectivity index (χ4n) is 2.85. The van der Waals surface area contributed by atoms with Crippen LogP contribution in [0.5, 0.6) is 0 Å². The van der Waals surface area contributed by atoms with Gasteiger partial charge in [0.1, 0.15) is 6.54 Å². The number of amides is 3. The molecule has 24 heavy (non-hydrogen) atoms. The summed E-state index contributed by atoms with van der Waals surface area (Å²) in [5.74, 6) is -1.11. The second kappa shape index (κ2) is 6.27. The molecule has 0 saturated carbocycles. The van der Waals surface area contributed by atoms with Crippen LogP contribution in [-0.2, 0) is 20.8 Å². The molecule has 0 bridgehead atoms. The van der Waals surface area contributed by atoms with Gasteiger partial charge in [0.15, 0.2) is 0 Å². The molecule has 1 aliphatic rings. The van der Waals surface area contributed by atoms with Gasteiger partial charge in [-0.25, -0.2) is 0 Å². The Bertz CT molecular complexity index is 884. The van der Waals surface area contributed by atoms with Gasteiger partial charge in [0, 0.05) is 30.0 Å². The Hall–Kier alpha value is -2.96. The number of carbonyl (C=O) groups is 3. The standard InChI is InChI=1S/C17H17N3O4/c1-2-10-7-14(21)19-13-8-11(3-4-12(10)13)18-15(22)9-20-16(23)5-6-17(20)24/h3-4,7-8H,2,5-6,9H2,1H3,(H,18,22)(H,19,21). The van der Waals surface area contributed by atoms with E-state index in [-0.39, 0.29) is 36.8 Å². The number of likely N-dealkylation sites (tertiary alicyclic amines) is 1. The number of aromatic nitrogens is 1. The van der Waals surface area contributed by atoms with Crippen LogP contribution in [0.1, 0.15) is 25.3 Å². The van der Waals surface area contributed by atoms with Gasteiger partial charge in [0.05, 0.1) is 5.52 Å². The Labute approximate surface area is 137 Å². The van der Waals surface area contributed by atoms with Crippen molar-refractivity contribution in [1.29, 1.82) is 0 Å². The summed E-state index contributed by atoms with van der Waals surface area (Å²) < 4.78 is 0. The smallest absolute Gasteiger partial charge is 0.248 e. The van der Waals surface area contributed by atoms with Crippen molar-refractivity contribution in [3.05, 3.63) is 40.2 Å². The molecule has 0 unspecified atom stereocenters. The first-order valence-electron chi connectivity index (χ1n) is 7.77. The van der Waals surface area contributed by atoms with Crippen molar-refractivity contribution in [3.63, 3.8) is 0 Å². The summed E-state index contributed by atoms with van der Waals surface area (Å²) in [5, 5.41) is 3.57. The molecular formula is C17H17N3O4. The van der Waals surface area contributed by atoms with Crippen molar-refractivity contribution in [3.8, 4) is 0 Å². The molecule has 7 nitrogen and oxygen atoms in total. The number of carbonyl (C=O) groups excluding carboxylic acids is 3. The Kier molecular flexibility index (Phi) is 4.16. The van der Waals surface area contributed by atoms with Gasteiger partial charge in [-0.15, -0.1) is 0 Å². The third kappa shape index (κ3) is 3.05. The van der Waals surface area contributed by atoms with Gasteiger partial charge in [0.25, 0.3) is 0 Å². The summed E-state index contributed by atoms with van der Waals surface area (Å²) >= 11 is 0. The molecule has 1 aromatic carbocycles. The molecule has 0 spiro atoms. The number of aryl methyl sites for hydroxylation is 1. The third-order valence-electron chi connectivity index (χ3n) is 4.05. The predicted octanol–water partition coefficient (Wildman–Crippen LogP) is 1.18. The van der Waals surface area contributed by atoms with E-state index in [1.807, 2.05) is 13.0 Å². The molecule has 124 valence electrons. The van der Waals surface area contributed by atoms with E-state index >= 15 is 0 Å². The van der Waals surface area contributed by atoms with E-state index < -0.39 is 5.91 Å². The van der Waals surface area contributed by atoms with Crippen LogP contribution in [-0.4, -0.2) is 34.2 Å². The molecule has 1 saturated heterocycles. The number of fused-ring (bicyclic) bond motifs is 1. The van der Waals surface area contributed by atoms with Crippen LogP contribution in [0.4, 0.5) is 5.69 Å². The molecule has 2 aromatic rings. The number of H-pyrrole nitrogens is 1. The van der Waals surface area contributed by atoms with Crippen molar-refractivity contribution >= 4 is 34.3 Å². The molecule has 0 radical (unpaired) electrons. The van der Waals surface area contributed by atoms with E-state index in [1.165, 1.54) is 0 Å². The normalized spacial score (nSPS) is 14.5. The molecule has 0 atom stereocenters. The monoisotopic (exact) mass is 327 g/mol. The number of anilines is 1. The minimum Gasteiger partial charge on any atom is -0.324 e. The van der Waals surface area contributed by atoms with Crippen LogP contribution < -0.4 is 10.9 Å². The van der Waals surface area contributed by atoms with Crippen molar-refractivity contribution < 1.29 is 14.4 Å². The number of nitrogens with zero attached hydrogens (tertiary/aromatic N) is 1. The average molecular weight is 327 g/mol. The van der Waals surface area contributed by atoms with E-state index in [4.69, 9.17) is 0 Å². The van der Waals surface area contributed by atoms with Crippen molar-refractivity contribution in [2.24, 2.45) is 0 Å². The van der Waals surface area contributed by atoms with Gasteiger partial charge in [0.2, 0.25) is 23.3 Å². The highest BCUT2D eigenvalue weighted by Gasteiger charge is 2.30. The Morgan fingerprint density at radius 3 is 2.54 bits per heavy atom. The highest BCUT2D eigenvalue weighted by molar-refractivity contribution is 6.06. The van der Waals surface area contributed by atoms with Gasteiger partial charge in [-0.2, -0.15) is 0 Å². The Morgan fingerprint density at radius 1 is 1.17 bits per heavy atom. The Morgan fingerprint density at radius 2 is 1.88 bits per heavy atom. The maximum atomic E-state index is 12.1. The number of nitrogens with one attached hydrogen (secondary N) is 2. The molecule has 2 N–H and O–H groups in total. The number of rotatable bonds is 4. The summed E-state index contributed by atoms with van der Waals surface area (Å²) in [6.45, 7) is 1.68. The van der Waals surface area contributed by atoms with Gasteiger partial charge >= 0.3 is 0 Å². The number of aromatic amines is 1. The van der Waals surface area contributed by atoms with Crippen LogP contribution in [0.2, 0.25) is 0 Å². The summed E-state index contributed by atoms with van der Waals surface area (Å²) in [6, 6.07) is 6.78. The van der Waals surface area contributed by atoms with Crippen molar-refractivity contribution in [1.82, 2.24) is 9.88 Å². The van der Waals surface area contributed by atoms with Gasteiger partial charge in [-0.05, 0) is 24.1 Å². The molecule has 7 heteroatoms. The second-order valence-corrected chi connectivity index (χ2v) is 5.69. The highest BCUT2D eigenvalue weighted by Crippen LogP contribution is 2.20. The predicted molar refractivity (Wildman–Crippen MR) is 88.5 cm³/mol. The van der Waals surface area contributed by atoms with Crippen molar-refractivity contribution in [2.75, 3.05) is 11.9 Å². The summed E-state index contributed by atoms with van der Waals surface area (Å²) in [6.07, 6.45) is 1.04. The van der Waals surface area contributed by atoms with Crippen LogP contribution in [0.25, 0.3) is 10.9 Å². The lowest BCUT2D eigenvalue weighted by Crippen LogP contribution is -2.36. The van der Waals surface area contributed by atoms with E-state index in [9.17, 15) is 19.2 Å². The summed E-state index contributed by atoms with van der Waals surface area (Å²) in [7, 11) is 0. The number of imide groups is 1. The fraction of sp³-hybridized carbons (Fsp3) is 0.294. The van der Waals surface area contributed by atoms with Crippen LogP contribution in [0.15, 0.2) is 29.1 Å². The fourth-order valence-corrected chi connectivity index (χ4v) is 2.85. The SMILES string of the molecule is CCc1cc(=O)[nH]c2cc(NC(=O)CN3C(=O)CCC3=O)ccc12. The number of benzene rings is 1. The van der Waals surface area contributed by atoms with E-state index in [0.717, 1.165) is 22.3 Å². The zero-order valence-corrected chi connectivity index (χ0v) is 13.2. The lowest BCUT2D eigenvalue weighted by molar-refractivity contribution is -0.141. The lowest BCUT2D eigenvalue weighted by atomic mass is 10.1.